The number of likely N-dealkylation sites (N-methyl/N-ethyl adjacent to an activating group) is 1. The SMILES string of the molecule is CN(C)C1CCCN(CC2Cc3nc(Cl)nc(N4CCOCC4)c3S2)C1. The summed E-state index contributed by atoms with van der Waals surface area (Å²) in [6.07, 6.45) is 3.59. The molecule has 0 N–H and O–H groups in total. The number of thioether (sulfide) groups is 1. The molecule has 0 spiro atoms. The highest BCUT2D eigenvalue weighted by Crippen LogP contribution is 2.42. The molecular weight excluding hydrogens is 370 g/mol. The zero-order valence-corrected chi connectivity index (χ0v) is 17.2. The number of piperidine rings is 1. The lowest BCUT2D eigenvalue weighted by Gasteiger charge is -2.37. The molecule has 3 aliphatic rings. The van der Waals surface area contributed by atoms with Gasteiger partial charge in [0.15, 0.2) is 0 Å². The van der Waals surface area contributed by atoms with E-state index in [1.807, 2.05) is 11.8 Å². The lowest BCUT2D eigenvalue weighted by Crippen LogP contribution is -2.46. The maximum atomic E-state index is 6.24. The molecule has 0 saturated carbocycles. The number of anilines is 1. The van der Waals surface area contributed by atoms with Crippen molar-refractivity contribution in [1.29, 1.82) is 0 Å². The topological polar surface area (TPSA) is 44.7 Å². The number of likely N-dealkylation sites (tertiary alicyclic amines) is 1. The summed E-state index contributed by atoms with van der Waals surface area (Å²) in [7, 11) is 4.39. The Morgan fingerprint density at radius 3 is 2.81 bits per heavy atom. The third kappa shape index (κ3) is 4.12. The molecule has 1 aromatic heterocycles. The average molecular weight is 398 g/mol. The molecule has 0 radical (unpaired) electrons. The second-order valence-corrected chi connectivity index (χ2v) is 9.30. The van der Waals surface area contributed by atoms with E-state index in [4.69, 9.17) is 16.3 Å². The highest BCUT2D eigenvalue weighted by molar-refractivity contribution is 8.00. The van der Waals surface area contributed by atoms with Gasteiger partial charge in [0.05, 0.1) is 23.8 Å². The fourth-order valence-electron chi connectivity index (χ4n) is 4.14. The lowest BCUT2D eigenvalue weighted by atomic mass is 10.0. The summed E-state index contributed by atoms with van der Waals surface area (Å²) in [5.74, 6) is 1.01. The Labute approximate surface area is 165 Å². The van der Waals surface area contributed by atoms with Crippen LogP contribution in [0.3, 0.4) is 0 Å². The van der Waals surface area contributed by atoms with Crippen LogP contribution in [0.4, 0.5) is 5.82 Å². The van der Waals surface area contributed by atoms with E-state index >= 15 is 0 Å². The number of rotatable bonds is 4. The molecule has 6 nitrogen and oxygen atoms in total. The normalized spacial score (nSPS) is 27.2. The van der Waals surface area contributed by atoms with E-state index in [2.05, 4.69) is 38.8 Å². The Bertz CT molecular complexity index is 640. The highest BCUT2D eigenvalue weighted by Gasteiger charge is 2.32. The summed E-state index contributed by atoms with van der Waals surface area (Å²) >= 11 is 8.18. The first kappa shape index (κ1) is 18.7. The summed E-state index contributed by atoms with van der Waals surface area (Å²) in [5, 5.41) is 0.913. The first-order valence-electron chi connectivity index (χ1n) is 9.54. The molecule has 2 unspecified atom stereocenters. The minimum absolute atomic E-state index is 0.372. The smallest absolute Gasteiger partial charge is 0.224 e. The predicted molar refractivity (Wildman–Crippen MR) is 107 cm³/mol. The molecule has 8 heteroatoms. The van der Waals surface area contributed by atoms with Crippen LogP contribution in [0.25, 0.3) is 0 Å². The van der Waals surface area contributed by atoms with Gasteiger partial charge < -0.3 is 19.4 Å². The molecule has 0 amide bonds. The van der Waals surface area contributed by atoms with Crippen molar-refractivity contribution < 1.29 is 4.74 Å². The van der Waals surface area contributed by atoms with Crippen LogP contribution in [-0.4, -0.2) is 91.1 Å². The summed E-state index contributed by atoms with van der Waals surface area (Å²) in [6, 6.07) is 0.677. The van der Waals surface area contributed by atoms with E-state index in [-0.39, 0.29) is 0 Å². The lowest BCUT2D eigenvalue weighted by molar-refractivity contribution is 0.122. The molecule has 3 aliphatic heterocycles. The predicted octanol–water partition coefficient (Wildman–Crippen LogP) is 2.01. The van der Waals surface area contributed by atoms with Crippen molar-refractivity contribution in [3.05, 3.63) is 11.0 Å². The van der Waals surface area contributed by atoms with Crippen LogP contribution in [0.15, 0.2) is 4.90 Å². The van der Waals surface area contributed by atoms with E-state index in [0.29, 0.717) is 16.6 Å². The van der Waals surface area contributed by atoms with Crippen LogP contribution in [0.5, 0.6) is 0 Å². The molecule has 2 atom stereocenters. The van der Waals surface area contributed by atoms with Gasteiger partial charge >= 0.3 is 0 Å². The number of ether oxygens (including phenoxy) is 1. The Hall–Kier alpha value is -0.600. The third-order valence-corrected chi connectivity index (χ3v) is 7.05. The van der Waals surface area contributed by atoms with Gasteiger partial charge in [-0.2, -0.15) is 4.98 Å². The molecule has 4 rings (SSSR count). The van der Waals surface area contributed by atoms with Gasteiger partial charge in [-0.15, -0.1) is 11.8 Å². The summed E-state index contributed by atoms with van der Waals surface area (Å²) in [6.45, 7) is 6.76. The molecule has 0 bridgehead atoms. The first-order chi connectivity index (χ1) is 12.6. The van der Waals surface area contributed by atoms with Crippen LogP contribution in [0.2, 0.25) is 5.28 Å². The van der Waals surface area contributed by atoms with Gasteiger partial charge in [0.1, 0.15) is 5.82 Å². The Balaban J connectivity index is 1.45. The van der Waals surface area contributed by atoms with Gasteiger partial charge in [0.25, 0.3) is 0 Å². The molecule has 2 fully saturated rings. The molecule has 2 saturated heterocycles. The third-order valence-electron chi connectivity index (χ3n) is 5.58. The van der Waals surface area contributed by atoms with E-state index in [0.717, 1.165) is 50.8 Å². The number of nitrogens with zero attached hydrogens (tertiary/aromatic N) is 5. The van der Waals surface area contributed by atoms with Crippen molar-refractivity contribution in [3.63, 3.8) is 0 Å². The van der Waals surface area contributed by atoms with Crippen LogP contribution >= 0.6 is 23.4 Å². The maximum absolute atomic E-state index is 6.24. The molecule has 144 valence electrons. The van der Waals surface area contributed by atoms with E-state index in [9.17, 15) is 0 Å². The van der Waals surface area contributed by atoms with Crippen molar-refractivity contribution >= 4 is 29.2 Å². The number of halogens is 1. The minimum atomic E-state index is 0.372. The fraction of sp³-hybridized carbons (Fsp3) is 0.778. The quantitative estimate of drug-likeness (QED) is 0.720. The zero-order valence-electron chi connectivity index (χ0n) is 15.7. The van der Waals surface area contributed by atoms with Gasteiger partial charge in [0, 0.05) is 43.9 Å². The van der Waals surface area contributed by atoms with E-state index in [1.165, 1.54) is 30.8 Å². The van der Waals surface area contributed by atoms with Gasteiger partial charge in [0.2, 0.25) is 5.28 Å². The number of morpholine rings is 1. The minimum Gasteiger partial charge on any atom is -0.378 e. The second-order valence-electron chi connectivity index (χ2n) is 7.65. The van der Waals surface area contributed by atoms with Crippen LogP contribution < -0.4 is 4.90 Å². The van der Waals surface area contributed by atoms with Crippen molar-refractivity contribution in [2.45, 2.75) is 35.4 Å². The summed E-state index contributed by atoms with van der Waals surface area (Å²) < 4.78 is 5.49. The van der Waals surface area contributed by atoms with Crippen LogP contribution in [0.1, 0.15) is 18.5 Å². The largest absolute Gasteiger partial charge is 0.378 e. The summed E-state index contributed by atoms with van der Waals surface area (Å²) in [5.41, 5.74) is 1.13. The monoisotopic (exact) mass is 397 g/mol. The molecule has 1 aromatic rings. The van der Waals surface area contributed by atoms with E-state index < -0.39 is 0 Å². The van der Waals surface area contributed by atoms with Gasteiger partial charge in [-0.05, 0) is 45.1 Å². The Morgan fingerprint density at radius 1 is 1.23 bits per heavy atom. The number of aromatic nitrogens is 2. The maximum Gasteiger partial charge on any atom is 0.224 e. The Morgan fingerprint density at radius 2 is 2.04 bits per heavy atom. The average Bonchev–Trinajstić information content (AvgIpc) is 3.04. The van der Waals surface area contributed by atoms with Gasteiger partial charge in [-0.1, -0.05) is 0 Å². The molecular formula is C18H28ClN5OS. The first-order valence-corrected chi connectivity index (χ1v) is 10.8. The number of fused-ring (bicyclic) bond motifs is 1. The van der Waals surface area contributed by atoms with Crippen molar-refractivity contribution in [2.24, 2.45) is 0 Å². The van der Waals surface area contributed by atoms with Crippen LogP contribution in [0, 0.1) is 0 Å². The number of hydrogen-bond acceptors (Lipinski definition) is 7. The molecule has 0 aliphatic carbocycles. The standard InChI is InChI=1S/C18H28ClN5OS/c1-22(2)13-4-3-5-23(11-13)12-14-10-15-16(26-14)17(21-18(19)20-15)24-6-8-25-9-7-24/h13-14H,3-12H2,1-2H3. The zero-order chi connectivity index (χ0) is 18.1. The molecule has 0 aromatic carbocycles. The van der Waals surface area contributed by atoms with E-state index in [1.54, 1.807) is 0 Å². The van der Waals surface area contributed by atoms with Crippen molar-refractivity contribution in [1.82, 2.24) is 19.8 Å². The fourth-order valence-corrected chi connectivity index (χ4v) is 5.72. The second kappa shape index (κ2) is 8.19. The molecule has 4 heterocycles. The highest BCUT2D eigenvalue weighted by atomic mass is 35.5. The van der Waals surface area contributed by atoms with Gasteiger partial charge in [-0.25, -0.2) is 4.98 Å². The van der Waals surface area contributed by atoms with Gasteiger partial charge in [-0.3, -0.25) is 0 Å². The number of hydrogen-bond donors (Lipinski definition) is 0. The van der Waals surface area contributed by atoms with Crippen molar-refractivity contribution in [2.75, 3.05) is 64.9 Å². The summed E-state index contributed by atoms with van der Waals surface area (Å²) in [4.78, 5) is 17.6. The molecule has 26 heavy (non-hydrogen) atoms. The van der Waals surface area contributed by atoms with Crippen LogP contribution in [-0.2, 0) is 11.2 Å². The van der Waals surface area contributed by atoms with Crippen molar-refractivity contribution in [3.8, 4) is 0 Å². The Kier molecular flexibility index (Phi) is 5.90.